The summed E-state index contributed by atoms with van der Waals surface area (Å²) in [7, 11) is 0. The van der Waals surface area contributed by atoms with Gasteiger partial charge in [-0.2, -0.15) is 0 Å². The number of carboxylic acids is 1. The van der Waals surface area contributed by atoms with Crippen LogP contribution in [0, 0.1) is 0 Å². The maximum absolute atomic E-state index is 13.1. The first-order valence-electron chi connectivity index (χ1n) is 8.14. The van der Waals surface area contributed by atoms with Crippen molar-refractivity contribution < 1.29 is 24.3 Å². The number of imide groups is 1. The van der Waals surface area contributed by atoms with Crippen LogP contribution in [-0.2, 0) is 9.59 Å². The van der Waals surface area contributed by atoms with E-state index in [0.29, 0.717) is 36.1 Å². The number of hydrogen-bond donors (Lipinski definition) is 1. The number of fused-ring (bicyclic) bond motifs is 2. The van der Waals surface area contributed by atoms with Gasteiger partial charge in [0.15, 0.2) is 0 Å². The topological polar surface area (TPSA) is 95.0 Å². The van der Waals surface area contributed by atoms with Crippen molar-refractivity contribution in [3.63, 3.8) is 0 Å². The van der Waals surface area contributed by atoms with E-state index in [-0.39, 0.29) is 5.37 Å². The number of thioether (sulfide) groups is 1. The standard InChI is InChI=1S/C17H16N2O5S/c20-14-9-4-1-2-5-10(9)15(21)19(14)11-6-3-7-13-18(16(11)22)12(8-25-13)17(23)24/h1-2,4-5,11-13H,3,6-8H2,(H,23,24). The van der Waals surface area contributed by atoms with E-state index in [1.165, 1.54) is 16.7 Å². The summed E-state index contributed by atoms with van der Waals surface area (Å²) in [6.45, 7) is 0. The van der Waals surface area contributed by atoms with Crippen molar-refractivity contribution in [3.8, 4) is 0 Å². The van der Waals surface area contributed by atoms with Gasteiger partial charge in [-0.3, -0.25) is 19.3 Å². The molecule has 7 nitrogen and oxygen atoms in total. The summed E-state index contributed by atoms with van der Waals surface area (Å²) in [6.07, 6.45) is 1.69. The third kappa shape index (κ3) is 2.35. The molecule has 1 aromatic rings. The Hall–Kier alpha value is -2.35. The van der Waals surface area contributed by atoms with E-state index in [1.807, 2.05) is 0 Å². The summed E-state index contributed by atoms with van der Waals surface area (Å²) in [6, 6.07) is 4.67. The molecule has 2 fully saturated rings. The lowest BCUT2D eigenvalue weighted by molar-refractivity contribution is -0.150. The van der Waals surface area contributed by atoms with Crippen LogP contribution in [0.4, 0.5) is 0 Å². The van der Waals surface area contributed by atoms with Crippen LogP contribution in [0.3, 0.4) is 0 Å². The van der Waals surface area contributed by atoms with E-state index < -0.39 is 35.8 Å². The van der Waals surface area contributed by atoms with E-state index in [9.17, 15) is 24.3 Å². The lowest BCUT2D eigenvalue weighted by Crippen LogP contribution is -2.54. The van der Waals surface area contributed by atoms with Gasteiger partial charge in [0.1, 0.15) is 12.1 Å². The SMILES string of the molecule is O=C(O)C1CSC2CCCC(N3C(=O)c4ccccc4C3=O)C(=O)N21. The van der Waals surface area contributed by atoms with Crippen molar-refractivity contribution in [3.05, 3.63) is 35.4 Å². The van der Waals surface area contributed by atoms with Crippen LogP contribution in [-0.4, -0.2) is 61.8 Å². The third-order valence-corrected chi connectivity index (χ3v) is 6.34. The molecule has 3 aliphatic rings. The van der Waals surface area contributed by atoms with Crippen molar-refractivity contribution in [2.24, 2.45) is 0 Å². The molecule has 8 heteroatoms. The molecule has 130 valence electrons. The monoisotopic (exact) mass is 360 g/mol. The number of aliphatic carboxylic acids is 1. The lowest BCUT2D eigenvalue weighted by atomic mass is 10.1. The highest BCUT2D eigenvalue weighted by Gasteiger charge is 2.50. The van der Waals surface area contributed by atoms with Gasteiger partial charge in [0, 0.05) is 5.75 Å². The third-order valence-electron chi connectivity index (χ3n) is 4.98. The second kappa shape index (κ2) is 5.87. The fraction of sp³-hybridized carbons (Fsp3) is 0.412. The Morgan fingerprint density at radius 2 is 1.72 bits per heavy atom. The number of carbonyl (C=O) groups excluding carboxylic acids is 3. The van der Waals surface area contributed by atoms with Crippen molar-refractivity contribution in [2.45, 2.75) is 36.7 Å². The summed E-state index contributed by atoms with van der Waals surface area (Å²) in [5, 5.41) is 9.20. The molecule has 3 aliphatic heterocycles. The number of amides is 3. The van der Waals surface area contributed by atoms with E-state index in [1.54, 1.807) is 24.3 Å². The van der Waals surface area contributed by atoms with Gasteiger partial charge in [-0.1, -0.05) is 12.1 Å². The summed E-state index contributed by atoms with van der Waals surface area (Å²) in [5.41, 5.74) is 0.596. The number of carbonyl (C=O) groups is 4. The van der Waals surface area contributed by atoms with E-state index in [0.717, 1.165) is 4.90 Å². The zero-order chi connectivity index (χ0) is 17.7. The molecule has 3 amide bonds. The van der Waals surface area contributed by atoms with Crippen LogP contribution in [0.2, 0.25) is 0 Å². The summed E-state index contributed by atoms with van der Waals surface area (Å²) < 4.78 is 0. The molecule has 0 spiro atoms. The minimum atomic E-state index is -1.05. The zero-order valence-corrected chi connectivity index (χ0v) is 14.1. The first kappa shape index (κ1) is 16.1. The number of nitrogens with zero attached hydrogens (tertiary/aromatic N) is 2. The molecular weight excluding hydrogens is 344 g/mol. The molecule has 0 radical (unpaired) electrons. The second-order valence-electron chi connectivity index (χ2n) is 6.36. The molecule has 0 bridgehead atoms. The molecule has 1 aromatic carbocycles. The van der Waals surface area contributed by atoms with Gasteiger partial charge in [-0.25, -0.2) is 4.79 Å². The second-order valence-corrected chi connectivity index (χ2v) is 7.57. The average molecular weight is 360 g/mol. The predicted octanol–water partition coefficient (Wildman–Crippen LogP) is 1.19. The summed E-state index contributed by atoms with van der Waals surface area (Å²) in [4.78, 5) is 52.3. The van der Waals surface area contributed by atoms with Gasteiger partial charge in [0.25, 0.3) is 11.8 Å². The van der Waals surface area contributed by atoms with Gasteiger partial charge in [-0.15, -0.1) is 11.8 Å². The van der Waals surface area contributed by atoms with Crippen molar-refractivity contribution in [1.29, 1.82) is 0 Å². The number of benzene rings is 1. The molecule has 25 heavy (non-hydrogen) atoms. The van der Waals surface area contributed by atoms with Crippen LogP contribution in [0.1, 0.15) is 40.0 Å². The van der Waals surface area contributed by atoms with Crippen LogP contribution >= 0.6 is 11.8 Å². The molecule has 3 atom stereocenters. The van der Waals surface area contributed by atoms with Gasteiger partial charge in [-0.05, 0) is 31.4 Å². The maximum Gasteiger partial charge on any atom is 0.327 e. The van der Waals surface area contributed by atoms with E-state index in [2.05, 4.69) is 0 Å². The normalized spacial score (nSPS) is 28.8. The predicted molar refractivity (Wildman–Crippen MR) is 89.1 cm³/mol. The van der Waals surface area contributed by atoms with Gasteiger partial charge in [0.2, 0.25) is 5.91 Å². The molecule has 1 N–H and O–H groups in total. The largest absolute Gasteiger partial charge is 0.480 e. The van der Waals surface area contributed by atoms with Gasteiger partial charge >= 0.3 is 5.97 Å². The van der Waals surface area contributed by atoms with E-state index >= 15 is 0 Å². The number of carboxylic acid groups (broad SMARTS) is 1. The minimum absolute atomic E-state index is 0.200. The Balaban J connectivity index is 1.69. The fourth-order valence-electron chi connectivity index (χ4n) is 3.78. The molecule has 2 saturated heterocycles. The smallest absolute Gasteiger partial charge is 0.327 e. The van der Waals surface area contributed by atoms with Crippen LogP contribution in [0.5, 0.6) is 0 Å². The molecule has 3 unspecified atom stereocenters. The average Bonchev–Trinajstić information content (AvgIpc) is 3.08. The highest BCUT2D eigenvalue weighted by Crippen LogP contribution is 2.38. The highest BCUT2D eigenvalue weighted by molar-refractivity contribution is 8.00. The van der Waals surface area contributed by atoms with Crippen molar-refractivity contribution in [2.75, 3.05) is 5.75 Å². The Bertz CT molecular complexity index is 760. The molecule has 0 aromatic heterocycles. The molecule has 3 heterocycles. The quantitative estimate of drug-likeness (QED) is 0.796. The first-order valence-corrected chi connectivity index (χ1v) is 9.19. The Morgan fingerprint density at radius 3 is 2.32 bits per heavy atom. The van der Waals surface area contributed by atoms with E-state index in [4.69, 9.17) is 0 Å². The number of rotatable bonds is 2. The molecule has 0 saturated carbocycles. The molecule has 0 aliphatic carbocycles. The Labute approximate surface area is 148 Å². The summed E-state index contributed by atoms with van der Waals surface area (Å²) in [5.74, 6) is -2.10. The van der Waals surface area contributed by atoms with Crippen LogP contribution < -0.4 is 0 Å². The Kier molecular flexibility index (Phi) is 3.79. The number of hydrogen-bond acceptors (Lipinski definition) is 5. The molecular formula is C17H16N2O5S. The Morgan fingerprint density at radius 1 is 1.08 bits per heavy atom. The van der Waals surface area contributed by atoms with Gasteiger partial charge in [0.05, 0.1) is 16.5 Å². The van der Waals surface area contributed by atoms with Crippen LogP contribution in [0.15, 0.2) is 24.3 Å². The van der Waals surface area contributed by atoms with Crippen LogP contribution in [0.25, 0.3) is 0 Å². The lowest BCUT2D eigenvalue weighted by Gasteiger charge is -2.31. The minimum Gasteiger partial charge on any atom is -0.480 e. The van der Waals surface area contributed by atoms with Crippen molar-refractivity contribution >= 4 is 35.5 Å². The fourth-order valence-corrected chi connectivity index (χ4v) is 5.24. The first-order chi connectivity index (χ1) is 12.0. The van der Waals surface area contributed by atoms with Gasteiger partial charge < -0.3 is 10.0 Å². The zero-order valence-electron chi connectivity index (χ0n) is 13.3. The summed E-state index contributed by atoms with van der Waals surface area (Å²) >= 11 is 1.45. The molecule has 4 rings (SSSR count). The maximum atomic E-state index is 13.1. The highest BCUT2D eigenvalue weighted by atomic mass is 32.2. The van der Waals surface area contributed by atoms with Crippen molar-refractivity contribution in [1.82, 2.24) is 9.80 Å².